The lowest BCUT2D eigenvalue weighted by Gasteiger charge is -2.09. The number of hydrogen-bond donors (Lipinski definition) is 2. The van der Waals surface area contributed by atoms with Gasteiger partial charge < -0.3 is 20.1 Å². The van der Waals surface area contributed by atoms with Gasteiger partial charge in [-0.3, -0.25) is 9.59 Å². The maximum Gasteiger partial charge on any atom is 0.258 e. The standard InChI is InChI=1S/C18H19FN2O4/c19-14-6-8-16(9-7-14)24-11-10-20-17(22)12-21-18(23)13-25-15-4-2-1-3-5-15/h1-9H,10-13H2,(H,20,22)(H,21,23). The summed E-state index contributed by atoms with van der Waals surface area (Å²) in [6.45, 7) is 0.202. The van der Waals surface area contributed by atoms with Crippen molar-refractivity contribution in [2.75, 3.05) is 26.3 Å². The van der Waals surface area contributed by atoms with E-state index < -0.39 is 0 Å². The fraction of sp³-hybridized carbons (Fsp3) is 0.222. The number of carbonyl (C=O) groups is 2. The first kappa shape index (κ1) is 18.3. The SMILES string of the molecule is O=C(CNC(=O)COc1ccccc1)NCCOc1ccc(F)cc1. The second kappa shape index (κ2) is 9.92. The van der Waals surface area contributed by atoms with Crippen molar-refractivity contribution in [1.82, 2.24) is 10.6 Å². The van der Waals surface area contributed by atoms with E-state index >= 15 is 0 Å². The lowest BCUT2D eigenvalue weighted by molar-refractivity contribution is -0.127. The molecule has 2 aromatic rings. The summed E-state index contributed by atoms with van der Waals surface area (Å²) in [5.41, 5.74) is 0. The minimum atomic E-state index is -0.387. The van der Waals surface area contributed by atoms with E-state index in [1.54, 1.807) is 24.3 Å². The maximum atomic E-state index is 12.7. The van der Waals surface area contributed by atoms with Crippen LogP contribution >= 0.6 is 0 Å². The van der Waals surface area contributed by atoms with Crippen molar-refractivity contribution < 1.29 is 23.5 Å². The van der Waals surface area contributed by atoms with Gasteiger partial charge in [-0.1, -0.05) is 18.2 Å². The smallest absolute Gasteiger partial charge is 0.258 e. The Labute approximate surface area is 144 Å². The van der Waals surface area contributed by atoms with Gasteiger partial charge in [0, 0.05) is 0 Å². The fourth-order valence-corrected chi connectivity index (χ4v) is 1.85. The van der Waals surface area contributed by atoms with Gasteiger partial charge in [0.05, 0.1) is 13.1 Å². The Morgan fingerprint density at radius 2 is 1.52 bits per heavy atom. The molecule has 2 amide bonds. The van der Waals surface area contributed by atoms with Crippen LogP contribution in [-0.2, 0) is 9.59 Å². The fourth-order valence-electron chi connectivity index (χ4n) is 1.85. The van der Waals surface area contributed by atoms with E-state index in [1.165, 1.54) is 24.3 Å². The molecular weight excluding hydrogens is 327 g/mol. The minimum absolute atomic E-state index is 0.145. The predicted octanol–water partition coefficient (Wildman–Crippen LogP) is 1.52. The Hall–Kier alpha value is -3.09. The summed E-state index contributed by atoms with van der Waals surface area (Å²) < 4.78 is 23.3. The summed E-state index contributed by atoms with van der Waals surface area (Å²) in [7, 11) is 0. The molecule has 0 fully saturated rings. The molecule has 0 radical (unpaired) electrons. The minimum Gasteiger partial charge on any atom is -0.492 e. The van der Waals surface area contributed by atoms with Crippen molar-refractivity contribution in [3.63, 3.8) is 0 Å². The van der Waals surface area contributed by atoms with Crippen LogP contribution in [0.15, 0.2) is 54.6 Å². The summed E-state index contributed by atoms with van der Waals surface area (Å²) in [6.07, 6.45) is 0. The summed E-state index contributed by atoms with van der Waals surface area (Å²) >= 11 is 0. The van der Waals surface area contributed by atoms with Gasteiger partial charge in [0.15, 0.2) is 6.61 Å². The number of hydrogen-bond acceptors (Lipinski definition) is 4. The summed E-state index contributed by atoms with van der Waals surface area (Å²) in [5, 5.41) is 5.06. The molecular formula is C18H19FN2O4. The van der Waals surface area contributed by atoms with E-state index in [-0.39, 0.29) is 43.9 Å². The van der Waals surface area contributed by atoms with Crippen LogP contribution in [-0.4, -0.2) is 38.1 Å². The van der Waals surface area contributed by atoms with E-state index in [4.69, 9.17) is 9.47 Å². The zero-order valence-corrected chi connectivity index (χ0v) is 13.5. The number of para-hydroxylation sites is 1. The highest BCUT2D eigenvalue weighted by molar-refractivity contribution is 5.85. The third-order valence-corrected chi connectivity index (χ3v) is 3.07. The molecule has 0 saturated heterocycles. The van der Waals surface area contributed by atoms with E-state index in [0.29, 0.717) is 11.5 Å². The molecule has 0 aliphatic heterocycles. The number of benzene rings is 2. The van der Waals surface area contributed by atoms with Crippen molar-refractivity contribution in [1.29, 1.82) is 0 Å². The molecule has 0 aromatic heterocycles. The largest absolute Gasteiger partial charge is 0.492 e. The number of carbonyl (C=O) groups excluding carboxylic acids is 2. The van der Waals surface area contributed by atoms with Crippen LogP contribution in [0.3, 0.4) is 0 Å². The number of rotatable bonds is 9. The first-order chi connectivity index (χ1) is 12.1. The third kappa shape index (κ3) is 7.34. The molecule has 132 valence electrons. The maximum absolute atomic E-state index is 12.7. The molecule has 0 bridgehead atoms. The topological polar surface area (TPSA) is 76.7 Å². The second-order valence-corrected chi connectivity index (χ2v) is 5.03. The van der Waals surface area contributed by atoms with Crippen LogP contribution in [0.4, 0.5) is 4.39 Å². The van der Waals surface area contributed by atoms with Crippen LogP contribution in [0.2, 0.25) is 0 Å². The summed E-state index contributed by atoms with van der Waals surface area (Å²) in [5.74, 6) is 0.0343. The highest BCUT2D eigenvalue weighted by Gasteiger charge is 2.06. The van der Waals surface area contributed by atoms with Gasteiger partial charge in [0.1, 0.15) is 23.9 Å². The molecule has 0 atom stereocenters. The molecule has 0 unspecified atom stereocenters. The van der Waals surface area contributed by atoms with Gasteiger partial charge in [-0.15, -0.1) is 0 Å². The zero-order chi connectivity index (χ0) is 17.9. The zero-order valence-electron chi connectivity index (χ0n) is 13.5. The Kier molecular flexibility index (Phi) is 7.24. The molecule has 2 rings (SSSR count). The van der Waals surface area contributed by atoms with Crippen LogP contribution in [0.25, 0.3) is 0 Å². The molecule has 6 nitrogen and oxygen atoms in total. The average Bonchev–Trinajstić information content (AvgIpc) is 2.64. The quantitative estimate of drug-likeness (QED) is 0.675. The van der Waals surface area contributed by atoms with E-state index in [2.05, 4.69) is 10.6 Å². The molecule has 0 spiro atoms. The van der Waals surface area contributed by atoms with Crippen molar-refractivity contribution in [2.45, 2.75) is 0 Å². The number of amides is 2. The number of halogens is 1. The second-order valence-electron chi connectivity index (χ2n) is 5.03. The van der Waals surface area contributed by atoms with E-state index in [1.807, 2.05) is 6.07 Å². The van der Waals surface area contributed by atoms with Gasteiger partial charge in [0.25, 0.3) is 5.91 Å². The third-order valence-electron chi connectivity index (χ3n) is 3.07. The number of nitrogens with one attached hydrogen (secondary N) is 2. The Balaban J connectivity index is 1.54. The Morgan fingerprint density at radius 1 is 0.840 bits per heavy atom. The lowest BCUT2D eigenvalue weighted by Crippen LogP contribution is -2.40. The van der Waals surface area contributed by atoms with Crippen molar-refractivity contribution in [2.24, 2.45) is 0 Å². The molecule has 2 aromatic carbocycles. The molecule has 25 heavy (non-hydrogen) atoms. The Morgan fingerprint density at radius 3 is 2.24 bits per heavy atom. The van der Waals surface area contributed by atoms with Crippen LogP contribution in [0.1, 0.15) is 0 Å². The lowest BCUT2D eigenvalue weighted by atomic mass is 10.3. The van der Waals surface area contributed by atoms with Crippen molar-refractivity contribution in [3.05, 3.63) is 60.4 Å². The van der Waals surface area contributed by atoms with Gasteiger partial charge in [-0.2, -0.15) is 0 Å². The summed E-state index contributed by atoms with van der Waals surface area (Å²) in [6, 6.07) is 14.5. The molecule has 0 heterocycles. The molecule has 2 N–H and O–H groups in total. The van der Waals surface area contributed by atoms with Gasteiger partial charge in [-0.25, -0.2) is 4.39 Å². The van der Waals surface area contributed by atoms with Gasteiger partial charge in [-0.05, 0) is 36.4 Å². The van der Waals surface area contributed by atoms with Gasteiger partial charge in [0.2, 0.25) is 5.91 Å². The monoisotopic (exact) mass is 346 g/mol. The van der Waals surface area contributed by atoms with Crippen molar-refractivity contribution >= 4 is 11.8 Å². The normalized spacial score (nSPS) is 9.96. The molecule has 7 heteroatoms. The molecule has 0 aliphatic carbocycles. The van der Waals surface area contributed by atoms with E-state index in [0.717, 1.165) is 0 Å². The molecule has 0 saturated carbocycles. The van der Waals surface area contributed by atoms with Gasteiger partial charge >= 0.3 is 0 Å². The summed E-state index contributed by atoms with van der Waals surface area (Å²) in [4.78, 5) is 23.2. The predicted molar refractivity (Wildman–Crippen MR) is 89.9 cm³/mol. The Bertz CT molecular complexity index is 677. The van der Waals surface area contributed by atoms with Crippen LogP contribution < -0.4 is 20.1 Å². The first-order valence-electron chi connectivity index (χ1n) is 7.73. The van der Waals surface area contributed by atoms with E-state index in [9.17, 15) is 14.0 Å². The average molecular weight is 346 g/mol. The number of ether oxygens (including phenoxy) is 2. The van der Waals surface area contributed by atoms with Crippen LogP contribution in [0, 0.1) is 5.82 Å². The van der Waals surface area contributed by atoms with Crippen LogP contribution in [0.5, 0.6) is 11.5 Å². The highest BCUT2D eigenvalue weighted by atomic mass is 19.1. The first-order valence-corrected chi connectivity index (χ1v) is 7.73. The van der Waals surface area contributed by atoms with Crippen molar-refractivity contribution in [3.8, 4) is 11.5 Å². The molecule has 0 aliphatic rings. The highest BCUT2D eigenvalue weighted by Crippen LogP contribution is 2.10.